The third-order valence-electron chi connectivity index (χ3n) is 4.75. The third kappa shape index (κ3) is 3.12. The summed E-state index contributed by atoms with van der Waals surface area (Å²) in [5, 5.41) is 13.6. The quantitative estimate of drug-likeness (QED) is 0.828. The second-order valence-corrected chi connectivity index (χ2v) is 6.42. The normalized spacial score (nSPS) is 19.6. The summed E-state index contributed by atoms with van der Waals surface area (Å²) in [4.78, 5) is 13.0. The molecular weight excluding hydrogens is 340 g/mol. The molecule has 0 amide bonds. The molecule has 0 radical (unpaired) electrons. The first kappa shape index (κ1) is 18.5. The standard InChI is InChI=1S/C19H23F2N3O2/c1-3-23-15-9-5-8-14(21)18(15)24(19(23)26)17(16(25)11-22-2)12-6-4-7-13(20)10-12/h4-9,13,16-17,22,25H,3,10-11H2,1-2H3/t13?,16?,17-/m0/s1. The Balaban J connectivity index is 2.28. The van der Waals surface area contributed by atoms with Gasteiger partial charge in [0.15, 0.2) is 0 Å². The molecule has 2 N–H and O–H groups in total. The molecule has 0 saturated carbocycles. The largest absolute Gasteiger partial charge is 0.389 e. The Hall–Kier alpha value is -2.25. The minimum Gasteiger partial charge on any atom is -0.389 e. The van der Waals surface area contributed by atoms with Crippen LogP contribution in [0.1, 0.15) is 19.4 Å². The first-order chi connectivity index (χ1) is 12.5. The summed E-state index contributed by atoms with van der Waals surface area (Å²) in [5.41, 5.74) is 0.732. The summed E-state index contributed by atoms with van der Waals surface area (Å²) in [5.74, 6) is -0.544. The van der Waals surface area contributed by atoms with Crippen LogP contribution in [0.2, 0.25) is 0 Å². The summed E-state index contributed by atoms with van der Waals surface area (Å²) in [6.07, 6.45) is 2.54. The van der Waals surface area contributed by atoms with Crippen molar-refractivity contribution in [1.82, 2.24) is 14.5 Å². The van der Waals surface area contributed by atoms with E-state index in [0.29, 0.717) is 17.6 Å². The number of benzene rings is 1. The number of aliphatic hydroxyl groups is 1. The van der Waals surface area contributed by atoms with Gasteiger partial charge in [-0.1, -0.05) is 24.3 Å². The molecule has 1 aromatic heterocycles. The van der Waals surface area contributed by atoms with Crippen molar-refractivity contribution in [2.45, 2.75) is 38.2 Å². The third-order valence-corrected chi connectivity index (χ3v) is 4.75. The Kier molecular flexibility index (Phi) is 5.38. The van der Waals surface area contributed by atoms with Gasteiger partial charge in [0, 0.05) is 19.5 Å². The molecule has 1 heterocycles. The Bertz CT molecular complexity index is 913. The Morgan fingerprint density at radius 3 is 2.85 bits per heavy atom. The lowest BCUT2D eigenvalue weighted by molar-refractivity contribution is 0.125. The Morgan fingerprint density at radius 2 is 2.19 bits per heavy atom. The van der Waals surface area contributed by atoms with Crippen molar-refractivity contribution in [3.63, 3.8) is 0 Å². The average molecular weight is 363 g/mol. The van der Waals surface area contributed by atoms with Crippen molar-refractivity contribution in [3.05, 3.63) is 58.3 Å². The van der Waals surface area contributed by atoms with Gasteiger partial charge in [-0.15, -0.1) is 0 Å². The number of hydrogen-bond acceptors (Lipinski definition) is 3. The number of nitrogens with one attached hydrogen (secondary N) is 1. The van der Waals surface area contributed by atoms with E-state index in [1.165, 1.54) is 21.3 Å². The van der Waals surface area contributed by atoms with Gasteiger partial charge in [-0.25, -0.2) is 13.6 Å². The van der Waals surface area contributed by atoms with Crippen LogP contribution in [-0.4, -0.2) is 40.1 Å². The zero-order valence-electron chi connectivity index (χ0n) is 14.8. The zero-order valence-corrected chi connectivity index (χ0v) is 14.8. The van der Waals surface area contributed by atoms with E-state index in [-0.39, 0.29) is 18.5 Å². The van der Waals surface area contributed by atoms with Crippen molar-refractivity contribution in [1.29, 1.82) is 0 Å². The maximum atomic E-state index is 14.7. The van der Waals surface area contributed by atoms with Gasteiger partial charge in [0.1, 0.15) is 17.5 Å². The lowest BCUT2D eigenvalue weighted by Crippen LogP contribution is -2.39. The Labute approximate surface area is 150 Å². The second kappa shape index (κ2) is 7.55. The van der Waals surface area contributed by atoms with Crippen LogP contribution in [0.3, 0.4) is 0 Å². The van der Waals surface area contributed by atoms with E-state index in [0.717, 1.165) is 0 Å². The van der Waals surface area contributed by atoms with Crippen LogP contribution in [0.5, 0.6) is 0 Å². The van der Waals surface area contributed by atoms with Crippen molar-refractivity contribution in [2.75, 3.05) is 13.6 Å². The summed E-state index contributed by atoms with van der Waals surface area (Å²) >= 11 is 0. The molecule has 2 aromatic rings. The first-order valence-corrected chi connectivity index (χ1v) is 8.72. The lowest BCUT2D eigenvalue weighted by Gasteiger charge is -2.28. The van der Waals surface area contributed by atoms with Crippen molar-refractivity contribution >= 4 is 11.0 Å². The predicted octanol–water partition coefficient (Wildman–Crippen LogP) is 2.31. The fourth-order valence-corrected chi connectivity index (χ4v) is 3.64. The van der Waals surface area contributed by atoms with Crippen molar-refractivity contribution in [3.8, 4) is 0 Å². The number of nitrogens with zero attached hydrogens (tertiary/aromatic N) is 2. The fraction of sp³-hybridized carbons (Fsp3) is 0.421. The molecule has 0 bridgehead atoms. The van der Waals surface area contributed by atoms with E-state index in [1.54, 1.807) is 38.3 Å². The van der Waals surface area contributed by atoms with Crippen LogP contribution in [0.4, 0.5) is 8.78 Å². The highest BCUT2D eigenvalue weighted by atomic mass is 19.1. The molecular formula is C19H23F2N3O2. The minimum absolute atomic E-state index is 0.0572. The number of allylic oxidation sites excluding steroid dienone is 3. The number of alkyl halides is 1. The zero-order chi connectivity index (χ0) is 18.8. The molecule has 26 heavy (non-hydrogen) atoms. The molecule has 0 spiro atoms. The van der Waals surface area contributed by atoms with Crippen LogP contribution in [0, 0.1) is 5.82 Å². The van der Waals surface area contributed by atoms with Crippen molar-refractivity contribution in [2.24, 2.45) is 0 Å². The number of para-hydroxylation sites is 1. The van der Waals surface area contributed by atoms with Crippen LogP contribution in [0.25, 0.3) is 11.0 Å². The summed E-state index contributed by atoms with van der Waals surface area (Å²) in [6, 6.07) is 3.65. The summed E-state index contributed by atoms with van der Waals surface area (Å²) in [6.45, 7) is 2.35. The van der Waals surface area contributed by atoms with Crippen LogP contribution >= 0.6 is 0 Å². The molecule has 2 unspecified atom stereocenters. The van der Waals surface area contributed by atoms with E-state index < -0.39 is 29.8 Å². The van der Waals surface area contributed by atoms with Gasteiger partial charge in [-0.2, -0.15) is 0 Å². The second-order valence-electron chi connectivity index (χ2n) is 6.42. The van der Waals surface area contributed by atoms with E-state index in [1.807, 2.05) is 0 Å². The van der Waals surface area contributed by atoms with E-state index in [2.05, 4.69) is 5.32 Å². The Morgan fingerprint density at radius 1 is 1.42 bits per heavy atom. The number of aromatic nitrogens is 2. The monoisotopic (exact) mass is 363 g/mol. The molecule has 3 atom stereocenters. The number of imidazole rings is 1. The number of fused-ring (bicyclic) bond motifs is 1. The average Bonchev–Trinajstić information content (AvgIpc) is 2.89. The first-order valence-electron chi connectivity index (χ1n) is 8.72. The van der Waals surface area contributed by atoms with Crippen LogP contribution < -0.4 is 11.0 Å². The van der Waals surface area contributed by atoms with Gasteiger partial charge in [0.25, 0.3) is 0 Å². The molecule has 7 heteroatoms. The van der Waals surface area contributed by atoms with Crippen LogP contribution in [0.15, 0.2) is 46.8 Å². The number of aliphatic hydroxyl groups excluding tert-OH is 1. The SMILES string of the molecule is CCn1c(=O)n([C@@H](C2=CC=CC(F)C2)C(O)CNC)c2c(F)cccc21. The highest BCUT2D eigenvalue weighted by Gasteiger charge is 2.31. The maximum Gasteiger partial charge on any atom is 0.329 e. The number of halogens is 2. The van der Waals surface area contributed by atoms with Gasteiger partial charge >= 0.3 is 5.69 Å². The van der Waals surface area contributed by atoms with E-state index in [9.17, 15) is 18.7 Å². The number of likely N-dealkylation sites (N-methyl/N-ethyl adjacent to an activating group) is 1. The topological polar surface area (TPSA) is 59.2 Å². The fourth-order valence-electron chi connectivity index (χ4n) is 3.64. The maximum absolute atomic E-state index is 14.7. The highest BCUT2D eigenvalue weighted by molar-refractivity contribution is 5.77. The molecule has 140 valence electrons. The molecule has 0 aliphatic heterocycles. The van der Waals surface area contributed by atoms with Gasteiger partial charge < -0.3 is 10.4 Å². The molecule has 1 aromatic carbocycles. The van der Waals surface area contributed by atoms with E-state index in [4.69, 9.17) is 0 Å². The van der Waals surface area contributed by atoms with Gasteiger partial charge in [-0.3, -0.25) is 9.13 Å². The molecule has 0 saturated heterocycles. The molecule has 0 fully saturated rings. The molecule has 1 aliphatic carbocycles. The van der Waals surface area contributed by atoms with E-state index >= 15 is 0 Å². The van der Waals surface area contributed by atoms with Gasteiger partial charge in [0.05, 0.1) is 17.7 Å². The minimum atomic E-state index is -1.20. The highest BCUT2D eigenvalue weighted by Crippen LogP contribution is 2.32. The molecule has 5 nitrogen and oxygen atoms in total. The molecule has 3 rings (SSSR count). The summed E-state index contributed by atoms with van der Waals surface area (Å²) in [7, 11) is 1.67. The predicted molar refractivity (Wildman–Crippen MR) is 97.5 cm³/mol. The lowest BCUT2D eigenvalue weighted by atomic mass is 9.92. The number of rotatable bonds is 6. The van der Waals surface area contributed by atoms with Crippen LogP contribution in [-0.2, 0) is 6.54 Å². The van der Waals surface area contributed by atoms with Gasteiger partial charge in [0.2, 0.25) is 0 Å². The molecule has 1 aliphatic rings. The smallest absolute Gasteiger partial charge is 0.329 e. The van der Waals surface area contributed by atoms with Gasteiger partial charge in [-0.05, 0) is 31.7 Å². The van der Waals surface area contributed by atoms with Crippen molar-refractivity contribution < 1.29 is 13.9 Å². The summed E-state index contributed by atoms with van der Waals surface area (Å²) < 4.78 is 31.3. The number of aryl methyl sites for hydroxylation is 1. The number of hydrogen-bond donors (Lipinski definition) is 2.